The molecule has 0 aliphatic rings. The second-order valence-electron chi connectivity index (χ2n) is 5.46. The summed E-state index contributed by atoms with van der Waals surface area (Å²) in [5.41, 5.74) is 0.692. The van der Waals surface area contributed by atoms with E-state index in [9.17, 15) is 4.79 Å². The first-order chi connectivity index (χ1) is 10.4. The van der Waals surface area contributed by atoms with E-state index in [-0.39, 0.29) is 12.1 Å². The second kappa shape index (κ2) is 6.79. The normalized spacial score (nSPS) is 11.9. The Morgan fingerprint density at radius 3 is 2.45 bits per heavy atom. The van der Waals surface area contributed by atoms with E-state index in [0.717, 1.165) is 5.82 Å². The maximum absolute atomic E-state index is 12.3. The molecule has 0 aromatic carbocycles. The molecule has 0 aliphatic carbocycles. The predicted molar refractivity (Wildman–Crippen MR) is 92.8 cm³/mol. The van der Waals surface area contributed by atoms with Gasteiger partial charge in [0.05, 0.1) is 17.9 Å². The van der Waals surface area contributed by atoms with Crippen LogP contribution in [0.3, 0.4) is 0 Å². The molecule has 5 nitrogen and oxygen atoms in total. The minimum atomic E-state index is -0.141. The Kier molecular flexibility index (Phi) is 5.03. The number of nitrogens with zero attached hydrogens (tertiary/aromatic N) is 3. The lowest BCUT2D eigenvalue weighted by atomic mass is 10.2. The van der Waals surface area contributed by atoms with E-state index in [4.69, 9.17) is 0 Å². The van der Waals surface area contributed by atoms with Gasteiger partial charge in [-0.3, -0.25) is 0 Å². The van der Waals surface area contributed by atoms with Crippen LogP contribution in [0, 0.1) is 6.92 Å². The predicted octanol–water partition coefficient (Wildman–Crippen LogP) is 3.74. The summed E-state index contributed by atoms with van der Waals surface area (Å²) < 4.78 is 0. The maximum atomic E-state index is 12.3. The SMILES string of the molecule is Cc1ccc(C(C)N(C)C(=O)Nc2ccc(N(C)C)nc2)s1. The number of amides is 2. The fourth-order valence-corrected chi connectivity index (χ4v) is 2.95. The Hall–Kier alpha value is -2.08. The van der Waals surface area contributed by atoms with Crippen LogP contribution in [0.4, 0.5) is 16.3 Å². The Balaban J connectivity index is 2.01. The molecule has 2 rings (SSSR count). The maximum Gasteiger partial charge on any atom is 0.322 e. The number of hydrogen-bond donors (Lipinski definition) is 1. The zero-order valence-corrected chi connectivity index (χ0v) is 14.4. The summed E-state index contributed by atoms with van der Waals surface area (Å²) in [6.45, 7) is 4.09. The zero-order chi connectivity index (χ0) is 16.3. The molecule has 118 valence electrons. The van der Waals surface area contributed by atoms with Crippen molar-refractivity contribution in [1.29, 1.82) is 0 Å². The van der Waals surface area contributed by atoms with Gasteiger partial charge in [-0.15, -0.1) is 11.3 Å². The van der Waals surface area contributed by atoms with Crippen molar-refractivity contribution in [2.24, 2.45) is 0 Å². The van der Waals surface area contributed by atoms with Gasteiger partial charge in [0, 0.05) is 30.9 Å². The molecule has 22 heavy (non-hydrogen) atoms. The Bertz CT molecular complexity index is 636. The molecular formula is C16H22N4OS. The van der Waals surface area contributed by atoms with Gasteiger partial charge in [0.15, 0.2) is 0 Å². The van der Waals surface area contributed by atoms with Crippen LogP contribution in [0.15, 0.2) is 30.5 Å². The number of pyridine rings is 1. The largest absolute Gasteiger partial charge is 0.363 e. The second-order valence-corrected chi connectivity index (χ2v) is 6.78. The van der Waals surface area contributed by atoms with Gasteiger partial charge in [-0.1, -0.05) is 0 Å². The Morgan fingerprint density at radius 1 is 1.23 bits per heavy atom. The molecule has 6 heteroatoms. The van der Waals surface area contributed by atoms with Crippen LogP contribution in [0.2, 0.25) is 0 Å². The topological polar surface area (TPSA) is 48.5 Å². The molecule has 2 amide bonds. The summed E-state index contributed by atoms with van der Waals surface area (Å²) in [6, 6.07) is 7.77. The molecule has 0 saturated carbocycles. The molecule has 0 saturated heterocycles. The minimum absolute atomic E-state index is 0.0349. The number of thiophene rings is 1. The first-order valence-electron chi connectivity index (χ1n) is 7.12. The van der Waals surface area contributed by atoms with Crippen LogP contribution in [0.25, 0.3) is 0 Å². The van der Waals surface area contributed by atoms with Gasteiger partial charge in [0.25, 0.3) is 0 Å². The van der Waals surface area contributed by atoms with Gasteiger partial charge in [0.1, 0.15) is 5.82 Å². The van der Waals surface area contributed by atoms with E-state index in [2.05, 4.69) is 29.4 Å². The molecule has 0 aliphatic heterocycles. The summed E-state index contributed by atoms with van der Waals surface area (Å²) in [4.78, 5) is 22.7. The quantitative estimate of drug-likeness (QED) is 0.934. The lowest BCUT2D eigenvalue weighted by Crippen LogP contribution is -2.33. The van der Waals surface area contributed by atoms with Gasteiger partial charge in [-0.25, -0.2) is 9.78 Å². The molecule has 1 N–H and O–H groups in total. The van der Waals surface area contributed by atoms with E-state index in [1.807, 2.05) is 38.1 Å². The molecule has 1 atom stereocenters. The standard InChI is InChI=1S/C16H22N4OS/c1-11-6-8-14(22-11)12(2)20(5)16(21)18-13-7-9-15(17-10-13)19(3)4/h6-10,12H,1-5H3,(H,18,21). The number of hydrogen-bond acceptors (Lipinski definition) is 4. The van der Waals surface area contributed by atoms with Crippen LogP contribution >= 0.6 is 11.3 Å². The smallest absolute Gasteiger partial charge is 0.322 e. The molecular weight excluding hydrogens is 296 g/mol. The van der Waals surface area contributed by atoms with Crippen LogP contribution in [0.1, 0.15) is 22.7 Å². The Labute approximate surface area is 135 Å². The van der Waals surface area contributed by atoms with Crippen LogP contribution in [0.5, 0.6) is 0 Å². The summed E-state index contributed by atoms with van der Waals surface area (Å²) >= 11 is 1.71. The number of nitrogens with one attached hydrogen (secondary N) is 1. The van der Waals surface area contributed by atoms with Gasteiger partial charge < -0.3 is 15.1 Å². The Morgan fingerprint density at radius 2 is 1.95 bits per heavy atom. The minimum Gasteiger partial charge on any atom is -0.363 e. The highest BCUT2D eigenvalue weighted by molar-refractivity contribution is 7.12. The lowest BCUT2D eigenvalue weighted by Gasteiger charge is -2.24. The lowest BCUT2D eigenvalue weighted by molar-refractivity contribution is 0.209. The monoisotopic (exact) mass is 318 g/mol. The van der Waals surface area contributed by atoms with E-state index >= 15 is 0 Å². The van der Waals surface area contributed by atoms with Crippen LogP contribution < -0.4 is 10.2 Å². The number of rotatable bonds is 4. The summed E-state index contributed by atoms with van der Waals surface area (Å²) in [5.74, 6) is 0.855. The van der Waals surface area contributed by atoms with Gasteiger partial charge in [-0.05, 0) is 38.1 Å². The van der Waals surface area contributed by atoms with E-state index < -0.39 is 0 Å². The van der Waals surface area contributed by atoms with Crippen LogP contribution in [-0.4, -0.2) is 37.1 Å². The summed E-state index contributed by atoms with van der Waals surface area (Å²) in [6.07, 6.45) is 1.67. The number of urea groups is 1. The zero-order valence-electron chi connectivity index (χ0n) is 13.6. The van der Waals surface area contributed by atoms with Crippen molar-refractivity contribution >= 4 is 28.9 Å². The highest BCUT2D eigenvalue weighted by Gasteiger charge is 2.18. The third-order valence-electron chi connectivity index (χ3n) is 3.53. The number of carbonyl (C=O) groups excluding carboxylic acids is 1. The van der Waals surface area contributed by atoms with Gasteiger partial charge >= 0.3 is 6.03 Å². The molecule has 0 bridgehead atoms. The molecule has 2 heterocycles. The highest BCUT2D eigenvalue weighted by Crippen LogP contribution is 2.26. The number of anilines is 2. The van der Waals surface area contributed by atoms with Crippen LogP contribution in [-0.2, 0) is 0 Å². The van der Waals surface area contributed by atoms with Crippen molar-refractivity contribution in [2.45, 2.75) is 19.9 Å². The third kappa shape index (κ3) is 3.76. The van der Waals surface area contributed by atoms with Gasteiger partial charge in [0.2, 0.25) is 0 Å². The average Bonchev–Trinajstić information content (AvgIpc) is 2.92. The van der Waals surface area contributed by atoms with E-state index in [0.29, 0.717) is 5.69 Å². The fraction of sp³-hybridized carbons (Fsp3) is 0.375. The molecule has 0 radical (unpaired) electrons. The van der Waals surface area contributed by atoms with Gasteiger partial charge in [-0.2, -0.15) is 0 Å². The van der Waals surface area contributed by atoms with E-state index in [1.54, 1.807) is 29.5 Å². The first-order valence-corrected chi connectivity index (χ1v) is 7.93. The fourth-order valence-electron chi connectivity index (χ4n) is 1.98. The third-order valence-corrected chi connectivity index (χ3v) is 4.70. The van der Waals surface area contributed by atoms with Crippen molar-refractivity contribution in [1.82, 2.24) is 9.88 Å². The van der Waals surface area contributed by atoms with Crippen molar-refractivity contribution in [2.75, 3.05) is 31.4 Å². The number of aryl methyl sites for hydroxylation is 1. The first kappa shape index (κ1) is 16.3. The number of carbonyl (C=O) groups is 1. The van der Waals surface area contributed by atoms with Crippen molar-refractivity contribution < 1.29 is 4.79 Å². The highest BCUT2D eigenvalue weighted by atomic mass is 32.1. The summed E-state index contributed by atoms with van der Waals surface area (Å²) in [5, 5.41) is 2.88. The molecule has 1 unspecified atom stereocenters. The molecule has 2 aromatic heterocycles. The summed E-state index contributed by atoms with van der Waals surface area (Å²) in [7, 11) is 5.66. The number of aromatic nitrogens is 1. The van der Waals surface area contributed by atoms with Crippen molar-refractivity contribution in [3.63, 3.8) is 0 Å². The van der Waals surface area contributed by atoms with Crippen molar-refractivity contribution in [3.8, 4) is 0 Å². The van der Waals surface area contributed by atoms with E-state index in [1.165, 1.54) is 9.75 Å². The van der Waals surface area contributed by atoms with Crippen molar-refractivity contribution in [3.05, 3.63) is 40.2 Å². The molecule has 0 spiro atoms. The molecule has 2 aromatic rings. The molecule has 0 fully saturated rings. The average molecular weight is 318 g/mol.